The number of benzene rings is 2. The molecule has 0 fully saturated rings. The van der Waals surface area contributed by atoms with Crippen LogP contribution < -0.4 is 5.32 Å². The topological polar surface area (TPSA) is 66.4 Å². The van der Waals surface area contributed by atoms with Gasteiger partial charge < -0.3 is 10.4 Å². The quantitative estimate of drug-likeness (QED) is 0.908. The fraction of sp³-hybridized carbons (Fsp3) is 0.125. The Bertz CT molecular complexity index is 672. The van der Waals surface area contributed by atoms with Crippen molar-refractivity contribution in [1.82, 2.24) is 5.32 Å². The lowest BCUT2D eigenvalue weighted by atomic mass is 9.91. The Morgan fingerprint density at radius 2 is 1.76 bits per heavy atom. The smallest absolute Gasteiger partial charge is 0.333 e. The second-order valence-electron chi connectivity index (χ2n) is 4.76. The summed E-state index contributed by atoms with van der Waals surface area (Å²) in [6.07, 6.45) is 0. The third kappa shape index (κ3) is 3.08. The minimum Gasteiger partial charge on any atom is -0.479 e. The van der Waals surface area contributed by atoms with Crippen molar-refractivity contribution >= 4 is 11.9 Å². The summed E-state index contributed by atoms with van der Waals surface area (Å²) >= 11 is 0. The van der Waals surface area contributed by atoms with Crippen molar-refractivity contribution in [2.24, 2.45) is 0 Å². The number of aliphatic carboxylic acids is 1. The fourth-order valence-corrected chi connectivity index (χ4v) is 1.95. The highest BCUT2D eigenvalue weighted by Gasteiger charge is 2.37. The Morgan fingerprint density at radius 1 is 1.10 bits per heavy atom. The molecule has 4 nitrogen and oxygen atoms in total. The summed E-state index contributed by atoms with van der Waals surface area (Å²) in [4.78, 5) is 23.7. The minimum absolute atomic E-state index is 0.0680. The third-order valence-corrected chi connectivity index (χ3v) is 3.23. The zero-order chi connectivity index (χ0) is 15.5. The van der Waals surface area contributed by atoms with E-state index in [-0.39, 0.29) is 5.56 Å². The summed E-state index contributed by atoms with van der Waals surface area (Å²) in [6, 6.07) is 13.4. The van der Waals surface area contributed by atoms with Gasteiger partial charge in [0.15, 0.2) is 5.54 Å². The second-order valence-corrected chi connectivity index (χ2v) is 4.76. The van der Waals surface area contributed by atoms with Crippen LogP contribution in [0.3, 0.4) is 0 Å². The van der Waals surface area contributed by atoms with Crippen LogP contribution in [0, 0.1) is 5.82 Å². The molecule has 0 bridgehead atoms. The van der Waals surface area contributed by atoms with Crippen LogP contribution in [-0.2, 0) is 10.3 Å². The molecule has 0 aromatic heterocycles. The first-order valence-electron chi connectivity index (χ1n) is 6.30. The molecule has 0 heterocycles. The maximum Gasteiger partial charge on any atom is 0.333 e. The number of rotatable bonds is 4. The van der Waals surface area contributed by atoms with Gasteiger partial charge in [-0.3, -0.25) is 4.79 Å². The number of hydrogen-bond acceptors (Lipinski definition) is 2. The lowest BCUT2D eigenvalue weighted by Crippen LogP contribution is -2.49. The van der Waals surface area contributed by atoms with Crippen LogP contribution in [0.1, 0.15) is 22.8 Å². The van der Waals surface area contributed by atoms with Gasteiger partial charge in [0.1, 0.15) is 5.82 Å². The highest BCUT2D eigenvalue weighted by molar-refractivity contribution is 5.98. The zero-order valence-corrected chi connectivity index (χ0v) is 11.3. The van der Waals surface area contributed by atoms with Gasteiger partial charge >= 0.3 is 5.97 Å². The number of hydrogen-bond donors (Lipinski definition) is 2. The predicted octanol–water partition coefficient (Wildman–Crippen LogP) is 2.56. The maximum absolute atomic E-state index is 13.1. The van der Waals surface area contributed by atoms with Crippen LogP contribution in [-0.4, -0.2) is 17.0 Å². The van der Waals surface area contributed by atoms with Gasteiger partial charge in [-0.05, 0) is 30.7 Å². The zero-order valence-electron chi connectivity index (χ0n) is 11.3. The second kappa shape index (κ2) is 5.75. The van der Waals surface area contributed by atoms with E-state index in [0.717, 1.165) is 6.07 Å². The van der Waals surface area contributed by atoms with Crippen molar-refractivity contribution in [2.45, 2.75) is 12.5 Å². The molecule has 2 aromatic rings. The number of halogens is 1. The third-order valence-electron chi connectivity index (χ3n) is 3.23. The van der Waals surface area contributed by atoms with Gasteiger partial charge in [0.2, 0.25) is 0 Å². The number of nitrogens with one attached hydrogen (secondary N) is 1. The molecule has 2 rings (SSSR count). The molecular formula is C16H14FNO3. The average molecular weight is 287 g/mol. The van der Waals surface area contributed by atoms with Crippen molar-refractivity contribution in [2.75, 3.05) is 0 Å². The summed E-state index contributed by atoms with van der Waals surface area (Å²) in [6.45, 7) is 1.39. The van der Waals surface area contributed by atoms with Crippen molar-refractivity contribution in [1.29, 1.82) is 0 Å². The highest BCUT2D eigenvalue weighted by Crippen LogP contribution is 2.21. The molecule has 1 atom stereocenters. The predicted molar refractivity (Wildman–Crippen MR) is 75.3 cm³/mol. The largest absolute Gasteiger partial charge is 0.479 e. The summed E-state index contributed by atoms with van der Waals surface area (Å²) in [5.41, 5.74) is -1.09. The summed E-state index contributed by atoms with van der Waals surface area (Å²) in [5, 5.41) is 11.9. The van der Waals surface area contributed by atoms with Crippen molar-refractivity contribution in [3.05, 3.63) is 71.5 Å². The highest BCUT2D eigenvalue weighted by atomic mass is 19.1. The normalized spacial score (nSPS) is 13.2. The van der Waals surface area contributed by atoms with E-state index >= 15 is 0 Å². The van der Waals surface area contributed by atoms with Crippen LogP contribution in [0.25, 0.3) is 0 Å². The van der Waals surface area contributed by atoms with Crippen molar-refractivity contribution in [3.63, 3.8) is 0 Å². The van der Waals surface area contributed by atoms with E-state index in [9.17, 15) is 19.1 Å². The lowest BCUT2D eigenvalue weighted by molar-refractivity contribution is -0.144. The Labute approximate surface area is 121 Å². The van der Waals surface area contributed by atoms with Gasteiger partial charge in [-0.15, -0.1) is 0 Å². The molecule has 1 amide bonds. The minimum atomic E-state index is -1.59. The average Bonchev–Trinajstić information content (AvgIpc) is 2.47. The molecule has 0 aliphatic heterocycles. The molecule has 0 spiro atoms. The van der Waals surface area contributed by atoms with E-state index in [1.165, 1.54) is 25.1 Å². The molecule has 5 heteroatoms. The molecule has 2 aromatic carbocycles. The van der Waals surface area contributed by atoms with Crippen molar-refractivity contribution in [3.8, 4) is 0 Å². The van der Waals surface area contributed by atoms with Crippen LogP contribution in [0.4, 0.5) is 4.39 Å². The van der Waals surface area contributed by atoms with Crippen LogP contribution in [0.15, 0.2) is 54.6 Å². The molecule has 108 valence electrons. The Kier molecular flexibility index (Phi) is 4.03. The number of carboxylic acids is 1. The molecular weight excluding hydrogens is 273 g/mol. The number of carbonyl (C=O) groups is 2. The number of carbonyl (C=O) groups excluding carboxylic acids is 1. The molecule has 0 saturated heterocycles. The molecule has 21 heavy (non-hydrogen) atoms. The Balaban J connectivity index is 2.33. The number of amides is 1. The molecule has 0 aliphatic rings. The van der Waals surface area contributed by atoms with E-state index in [1.807, 2.05) is 0 Å². The molecule has 2 N–H and O–H groups in total. The van der Waals surface area contributed by atoms with Crippen LogP contribution >= 0.6 is 0 Å². The van der Waals surface area contributed by atoms with Gasteiger partial charge in [-0.25, -0.2) is 9.18 Å². The van der Waals surface area contributed by atoms with Crippen molar-refractivity contribution < 1.29 is 19.1 Å². The van der Waals surface area contributed by atoms with Gasteiger partial charge in [0.25, 0.3) is 5.91 Å². The van der Waals surface area contributed by atoms with E-state index in [4.69, 9.17) is 0 Å². The van der Waals surface area contributed by atoms with Gasteiger partial charge in [-0.2, -0.15) is 0 Å². The van der Waals surface area contributed by atoms with E-state index < -0.39 is 23.2 Å². The first-order valence-corrected chi connectivity index (χ1v) is 6.30. The molecule has 0 radical (unpaired) electrons. The molecule has 1 unspecified atom stereocenters. The van der Waals surface area contributed by atoms with E-state index in [2.05, 4.69) is 5.32 Å². The van der Waals surface area contributed by atoms with Crippen LogP contribution in [0.5, 0.6) is 0 Å². The van der Waals surface area contributed by atoms with E-state index in [0.29, 0.717) is 5.56 Å². The SMILES string of the molecule is CC(NC(=O)c1cccc(F)c1)(C(=O)O)c1ccccc1. The number of carboxylic acid groups (broad SMARTS) is 1. The monoisotopic (exact) mass is 287 g/mol. The Morgan fingerprint density at radius 3 is 2.33 bits per heavy atom. The van der Waals surface area contributed by atoms with Gasteiger partial charge in [-0.1, -0.05) is 36.4 Å². The summed E-state index contributed by atoms with van der Waals surface area (Å²) in [7, 11) is 0. The van der Waals surface area contributed by atoms with E-state index in [1.54, 1.807) is 30.3 Å². The fourth-order valence-electron chi connectivity index (χ4n) is 1.95. The van der Waals surface area contributed by atoms with Gasteiger partial charge in [0.05, 0.1) is 0 Å². The van der Waals surface area contributed by atoms with Crippen LogP contribution in [0.2, 0.25) is 0 Å². The summed E-state index contributed by atoms with van der Waals surface area (Å²) in [5.74, 6) is -2.40. The molecule has 0 saturated carbocycles. The van der Waals surface area contributed by atoms with Gasteiger partial charge in [0, 0.05) is 5.56 Å². The first kappa shape index (κ1) is 14.7. The Hall–Kier alpha value is -2.69. The molecule has 0 aliphatic carbocycles. The maximum atomic E-state index is 13.1. The standard InChI is InChI=1S/C16H14FNO3/c1-16(15(20)21,12-7-3-2-4-8-12)18-14(19)11-6-5-9-13(17)10-11/h2-10H,1H3,(H,18,19)(H,20,21). The summed E-state index contributed by atoms with van der Waals surface area (Å²) < 4.78 is 13.1. The first-order chi connectivity index (χ1) is 9.93. The lowest BCUT2D eigenvalue weighted by Gasteiger charge is -2.26.